The van der Waals surface area contributed by atoms with Gasteiger partial charge in [0.25, 0.3) is 0 Å². The second-order valence-corrected chi connectivity index (χ2v) is 9.04. The van der Waals surface area contributed by atoms with E-state index < -0.39 is 5.82 Å². The first kappa shape index (κ1) is 19.0. The third-order valence-electron chi connectivity index (χ3n) is 6.08. The van der Waals surface area contributed by atoms with Gasteiger partial charge in [0.1, 0.15) is 11.9 Å². The van der Waals surface area contributed by atoms with E-state index in [1.165, 1.54) is 33.9 Å². The van der Waals surface area contributed by atoms with Crippen LogP contribution in [0.2, 0.25) is 0 Å². The quantitative estimate of drug-likeness (QED) is 0.274. The fraction of sp³-hybridized carbons (Fsp3) is 0.143. The van der Waals surface area contributed by atoms with Crippen LogP contribution in [0.4, 0.5) is 4.39 Å². The summed E-state index contributed by atoms with van der Waals surface area (Å²) in [6.45, 7) is 6.64. The number of rotatable bonds is 1. The number of nitriles is 2. The van der Waals surface area contributed by atoms with Crippen molar-refractivity contribution in [2.24, 2.45) is 0 Å². The lowest BCUT2D eigenvalue weighted by Gasteiger charge is -2.21. The van der Waals surface area contributed by atoms with Crippen LogP contribution in [-0.4, -0.2) is 0 Å². The van der Waals surface area contributed by atoms with E-state index in [1.807, 2.05) is 18.2 Å². The molecule has 0 aliphatic carbocycles. The number of halogens is 1. The van der Waals surface area contributed by atoms with Gasteiger partial charge in [-0.15, -0.1) is 0 Å². The Bertz CT molecular complexity index is 1520. The second kappa shape index (κ2) is 6.53. The Balaban J connectivity index is 1.87. The molecule has 0 unspecified atom stereocenters. The summed E-state index contributed by atoms with van der Waals surface area (Å²) in [6, 6.07) is 23.4. The molecule has 0 amide bonds. The summed E-state index contributed by atoms with van der Waals surface area (Å²) in [6.07, 6.45) is 0. The maximum atomic E-state index is 14.4. The molecule has 0 saturated heterocycles. The molecule has 0 aliphatic rings. The van der Waals surface area contributed by atoms with Gasteiger partial charge >= 0.3 is 0 Å². The molecule has 0 atom stereocenters. The molecule has 148 valence electrons. The van der Waals surface area contributed by atoms with E-state index in [0.29, 0.717) is 16.7 Å². The normalized spacial score (nSPS) is 11.8. The second-order valence-electron chi connectivity index (χ2n) is 9.04. The minimum Gasteiger partial charge on any atom is -0.206 e. The number of nitrogens with zero attached hydrogens (tertiary/aromatic N) is 2. The van der Waals surface area contributed by atoms with E-state index in [-0.39, 0.29) is 11.0 Å². The van der Waals surface area contributed by atoms with Crippen LogP contribution >= 0.6 is 0 Å². The van der Waals surface area contributed by atoms with Crippen molar-refractivity contribution in [2.75, 3.05) is 0 Å². The predicted octanol–water partition coefficient (Wildman–Crippen LogP) is 7.43. The minimum absolute atomic E-state index is 0.0520. The Hall–Kier alpha value is -3.95. The van der Waals surface area contributed by atoms with Gasteiger partial charge in [-0.25, -0.2) is 4.39 Å². The Morgan fingerprint density at radius 3 is 1.68 bits per heavy atom. The van der Waals surface area contributed by atoms with Crippen LogP contribution in [0.3, 0.4) is 0 Å². The molecule has 5 aromatic rings. The van der Waals surface area contributed by atoms with Crippen molar-refractivity contribution >= 4 is 32.3 Å². The average Bonchev–Trinajstić information content (AvgIpc) is 2.76. The SMILES string of the molecule is CC(C)(C)c1cc2ccc3cc(-c4c(C#N)ccc(F)c4C#N)cc4ccc(c1)c2c34. The van der Waals surface area contributed by atoms with Gasteiger partial charge in [0, 0.05) is 5.56 Å². The molecule has 0 spiro atoms. The molecular formula is C28H19FN2. The first-order valence-corrected chi connectivity index (χ1v) is 10.2. The van der Waals surface area contributed by atoms with Gasteiger partial charge in [-0.3, -0.25) is 0 Å². The summed E-state index contributed by atoms with van der Waals surface area (Å²) < 4.78 is 14.4. The third-order valence-corrected chi connectivity index (χ3v) is 6.08. The molecular weight excluding hydrogens is 383 g/mol. The maximum Gasteiger partial charge on any atom is 0.141 e. The molecule has 0 saturated carbocycles. The lowest BCUT2D eigenvalue weighted by Crippen LogP contribution is -2.10. The first-order valence-electron chi connectivity index (χ1n) is 10.2. The van der Waals surface area contributed by atoms with Crippen LogP contribution in [0.25, 0.3) is 43.4 Å². The summed E-state index contributed by atoms with van der Waals surface area (Å²) in [5, 5.41) is 25.9. The van der Waals surface area contributed by atoms with Gasteiger partial charge in [0.2, 0.25) is 0 Å². The monoisotopic (exact) mass is 402 g/mol. The number of benzene rings is 5. The highest BCUT2D eigenvalue weighted by molar-refractivity contribution is 6.24. The average molecular weight is 402 g/mol. The van der Waals surface area contributed by atoms with Gasteiger partial charge in [0.15, 0.2) is 0 Å². The molecule has 31 heavy (non-hydrogen) atoms. The Labute approximate surface area is 180 Å². The van der Waals surface area contributed by atoms with E-state index in [4.69, 9.17) is 0 Å². The van der Waals surface area contributed by atoms with E-state index in [1.54, 1.807) is 0 Å². The Morgan fingerprint density at radius 1 is 0.710 bits per heavy atom. The Morgan fingerprint density at radius 2 is 1.23 bits per heavy atom. The number of hydrogen-bond donors (Lipinski definition) is 0. The third kappa shape index (κ3) is 2.82. The largest absolute Gasteiger partial charge is 0.206 e. The van der Waals surface area contributed by atoms with Crippen molar-refractivity contribution in [2.45, 2.75) is 26.2 Å². The van der Waals surface area contributed by atoms with Gasteiger partial charge in [-0.2, -0.15) is 10.5 Å². The molecule has 0 aromatic heterocycles. The molecule has 5 rings (SSSR count). The molecule has 0 fully saturated rings. The van der Waals surface area contributed by atoms with E-state index >= 15 is 0 Å². The summed E-state index contributed by atoms with van der Waals surface area (Å²) in [5.41, 5.74) is 2.56. The summed E-state index contributed by atoms with van der Waals surface area (Å²) in [5.74, 6) is -0.615. The molecule has 0 bridgehead atoms. The van der Waals surface area contributed by atoms with E-state index in [0.717, 1.165) is 16.2 Å². The predicted molar refractivity (Wildman–Crippen MR) is 124 cm³/mol. The van der Waals surface area contributed by atoms with Crippen LogP contribution in [-0.2, 0) is 5.41 Å². The standard InChI is InChI=1S/C28H19FN2/c1-28(2,3)22-12-18-6-4-16-10-21(11-17-5-7-19(13-22)27(18)26(16)17)25-20(14-30)8-9-24(29)23(25)15-31/h4-13H,1-3H3. The van der Waals surface area contributed by atoms with Crippen LogP contribution in [0.15, 0.2) is 60.7 Å². The van der Waals surface area contributed by atoms with Crippen molar-refractivity contribution in [3.05, 3.63) is 83.2 Å². The highest BCUT2D eigenvalue weighted by Crippen LogP contribution is 2.40. The van der Waals surface area contributed by atoms with Crippen molar-refractivity contribution in [3.63, 3.8) is 0 Å². The smallest absolute Gasteiger partial charge is 0.141 e. The van der Waals surface area contributed by atoms with Crippen molar-refractivity contribution in [1.29, 1.82) is 10.5 Å². The van der Waals surface area contributed by atoms with Crippen LogP contribution in [0.1, 0.15) is 37.5 Å². The zero-order valence-corrected chi connectivity index (χ0v) is 17.5. The molecule has 0 N–H and O–H groups in total. The lowest BCUT2D eigenvalue weighted by molar-refractivity contribution is 0.591. The van der Waals surface area contributed by atoms with Crippen LogP contribution < -0.4 is 0 Å². The number of hydrogen-bond acceptors (Lipinski definition) is 2. The summed E-state index contributed by atoms with van der Waals surface area (Å²) in [4.78, 5) is 0. The molecule has 2 nitrogen and oxygen atoms in total. The Kier molecular flexibility index (Phi) is 4.01. The van der Waals surface area contributed by atoms with Gasteiger partial charge in [0.05, 0.1) is 17.2 Å². The molecule has 0 heterocycles. The fourth-order valence-corrected chi connectivity index (χ4v) is 4.49. The fourth-order valence-electron chi connectivity index (χ4n) is 4.49. The molecule has 3 heteroatoms. The zero-order chi connectivity index (χ0) is 21.9. The molecule has 5 aromatic carbocycles. The maximum absolute atomic E-state index is 14.4. The van der Waals surface area contributed by atoms with Crippen molar-refractivity contribution in [1.82, 2.24) is 0 Å². The minimum atomic E-state index is -0.615. The summed E-state index contributed by atoms with van der Waals surface area (Å²) >= 11 is 0. The first-order chi connectivity index (χ1) is 14.8. The molecule has 0 aliphatic heterocycles. The van der Waals surface area contributed by atoms with E-state index in [2.05, 4.69) is 63.2 Å². The van der Waals surface area contributed by atoms with Crippen molar-refractivity contribution in [3.8, 4) is 23.3 Å². The highest BCUT2D eigenvalue weighted by Gasteiger charge is 2.19. The van der Waals surface area contributed by atoms with Crippen molar-refractivity contribution < 1.29 is 4.39 Å². The summed E-state index contributed by atoms with van der Waals surface area (Å²) in [7, 11) is 0. The zero-order valence-electron chi connectivity index (χ0n) is 17.5. The highest BCUT2D eigenvalue weighted by atomic mass is 19.1. The van der Waals surface area contributed by atoms with Crippen LogP contribution in [0, 0.1) is 28.5 Å². The lowest BCUT2D eigenvalue weighted by atomic mass is 9.83. The topological polar surface area (TPSA) is 47.6 Å². The van der Waals surface area contributed by atoms with Gasteiger partial charge in [-0.1, -0.05) is 57.2 Å². The van der Waals surface area contributed by atoms with Gasteiger partial charge in [-0.05, 0) is 73.1 Å². The molecule has 0 radical (unpaired) electrons. The van der Waals surface area contributed by atoms with Gasteiger partial charge < -0.3 is 0 Å². The van der Waals surface area contributed by atoms with Crippen LogP contribution in [0.5, 0.6) is 0 Å². The van der Waals surface area contributed by atoms with E-state index in [9.17, 15) is 14.9 Å².